The minimum absolute atomic E-state index is 0.171. The molecule has 77 heavy (non-hydrogen) atoms. The number of carboxylic acid groups (broad SMARTS) is 1. The number of halogens is 7. The van der Waals surface area contributed by atoms with Crippen molar-refractivity contribution in [3.63, 3.8) is 0 Å². The van der Waals surface area contributed by atoms with Crippen LogP contribution in [0.3, 0.4) is 0 Å². The molecule has 0 aromatic heterocycles. The van der Waals surface area contributed by atoms with Gasteiger partial charge in [-0.2, -0.15) is 13.2 Å². The maximum absolute atomic E-state index is 13.0. The Kier molecular flexibility index (Phi) is 22.4. The van der Waals surface area contributed by atoms with Gasteiger partial charge in [0.15, 0.2) is 5.78 Å². The quantitative estimate of drug-likeness (QED) is 0.105. The molecule has 0 radical (unpaired) electrons. The molecule has 0 atom stereocenters. The molecule has 0 spiro atoms. The summed E-state index contributed by atoms with van der Waals surface area (Å²) in [4.78, 5) is 55.4. The number of ketones is 1. The molecule has 0 saturated carbocycles. The topological polar surface area (TPSA) is 101 Å². The normalized spacial score (nSPS) is 17.8. The van der Waals surface area contributed by atoms with E-state index in [1.165, 1.54) is 63.6 Å². The minimum atomic E-state index is -5.08. The number of rotatable bonds is 13. The van der Waals surface area contributed by atoms with Crippen molar-refractivity contribution in [2.24, 2.45) is 0 Å². The molecule has 418 valence electrons. The Labute approximate surface area is 475 Å². The zero-order valence-corrected chi connectivity index (χ0v) is 49.1. The molecule has 6 aliphatic heterocycles. The van der Waals surface area contributed by atoms with Gasteiger partial charge in [0.25, 0.3) is 0 Å². The Morgan fingerprint density at radius 2 is 1.03 bits per heavy atom. The molecule has 0 aliphatic carbocycles. The molecule has 2 fully saturated rings. The first-order valence-corrected chi connectivity index (χ1v) is 31.9. The highest BCUT2D eigenvalue weighted by Gasteiger charge is 2.38. The number of carboxylic acids is 1. The van der Waals surface area contributed by atoms with Gasteiger partial charge in [-0.1, -0.05) is 122 Å². The molecule has 0 unspecified atom stereocenters. The Bertz CT molecular complexity index is 2670. The van der Waals surface area contributed by atoms with E-state index in [1.807, 2.05) is 46.2 Å². The second-order valence-electron chi connectivity index (χ2n) is 21.4. The fraction of sp³-hybridized carbons (Fsp3) is 0.533. The molecule has 4 aromatic rings. The van der Waals surface area contributed by atoms with Gasteiger partial charge >= 0.3 is 12.1 Å². The zero-order valence-electron chi connectivity index (χ0n) is 44.9. The highest BCUT2D eigenvalue weighted by molar-refractivity contribution is 6.58. The fourth-order valence-corrected chi connectivity index (χ4v) is 14.7. The van der Waals surface area contributed by atoms with Gasteiger partial charge in [-0.3, -0.25) is 14.4 Å². The molecule has 2 amide bonds. The lowest BCUT2D eigenvalue weighted by Crippen LogP contribution is -2.39. The first-order valence-electron chi connectivity index (χ1n) is 28.0. The highest BCUT2D eigenvalue weighted by Crippen LogP contribution is 2.41. The van der Waals surface area contributed by atoms with Crippen LogP contribution in [-0.4, -0.2) is 106 Å². The number of amides is 2. The number of carbonyl (C=O) groups is 4. The number of hydrogen-bond acceptors (Lipinski definition) is 6. The van der Waals surface area contributed by atoms with Crippen molar-refractivity contribution in [2.45, 2.75) is 153 Å². The molecular weight excluding hydrogens is 1080 g/mol. The molecule has 10 rings (SSSR count). The molecule has 17 heteroatoms. The standard InChI is InChI=1S/C26H28Cl2N2O2.C26H30Cl2N2O.C6H16Si.C2HF3O2/c27-22-5-1-4-21(25(22)28)17-8-12-29(13-9-17)14-10-23(31)20-15-18-3-2-11-30-24(32)7-6-19(16-20)26(18)30;27-23-7-1-6-22(25(23)28)19-10-14-29(15-11-19)12-2-4-18-16-20-5-3-13-30-24(31)9-8-21(17-18)26(20)30;1-4-7(5-2)6-3;3-2(4,5)1(6)7/h1,4-5,15-17H,2-3,6-14H2;1,6-7,16-17,19H,2-5,8-15H2;7H,4-6H2,1-3H3;(H,6,7). The van der Waals surface area contributed by atoms with Crippen LogP contribution in [0, 0.1) is 0 Å². The van der Waals surface area contributed by atoms with E-state index in [0.29, 0.717) is 52.1 Å². The summed E-state index contributed by atoms with van der Waals surface area (Å²) in [5, 5.41) is 9.82. The third kappa shape index (κ3) is 15.9. The summed E-state index contributed by atoms with van der Waals surface area (Å²) in [5.74, 6) is -1.08. The van der Waals surface area contributed by atoms with Gasteiger partial charge < -0.3 is 24.7 Å². The molecule has 6 heterocycles. The smallest absolute Gasteiger partial charge is 0.475 e. The Balaban J connectivity index is 0.000000180. The van der Waals surface area contributed by atoms with E-state index in [1.54, 1.807) is 0 Å². The van der Waals surface area contributed by atoms with Gasteiger partial charge in [0.2, 0.25) is 11.8 Å². The van der Waals surface area contributed by atoms with Gasteiger partial charge in [-0.25, -0.2) is 4.79 Å². The van der Waals surface area contributed by atoms with Crippen LogP contribution >= 0.6 is 46.4 Å². The van der Waals surface area contributed by atoms with Crippen molar-refractivity contribution in [1.82, 2.24) is 9.80 Å². The number of hydrogen-bond donors (Lipinski definition) is 1. The summed E-state index contributed by atoms with van der Waals surface area (Å²) in [6, 6.07) is 25.2. The summed E-state index contributed by atoms with van der Waals surface area (Å²) in [7, 11) is -0.171. The number of nitrogens with zero attached hydrogens (tertiary/aromatic N) is 4. The molecule has 0 bridgehead atoms. The summed E-state index contributed by atoms with van der Waals surface area (Å²) >= 11 is 25.3. The number of aryl methyl sites for hydroxylation is 5. The largest absolute Gasteiger partial charge is 0.490 e. The minimum Gasteiger partial charge on any atom is -0.475 e. The van der Waals surface area contributed by atoms with Gasteiger partial charge in [-0.15, -0.1) is 0 Å². The number of Topliss-reactive ketones (excluding diaryl/α,β-unsaturated/α-hetero) is 1. The molecule has 4 aromatic carbocycles. The van der Waals surface area contributed by atoms with Crippen LogP contribution in [0.5, 0.6) is 0 Å². The van der Waals surface area contributed by atoms with Crippen molar-refractivity contribution in [1.29, 1.82) is 0 Å². The van der Waals surface area contributed by atoms with Crippen molar-refractivity contribution in [3.8, 4) is 0 Å². The maximum Gasteiger partial charge on any atom is 0.490 e. The summed E-state index contributed by atoms with van der Waals surface area (Å²) in [5.41, 5.74) is 12.1. The summed E-state index contributed by atoms with van der Waals surface area (Å²) < 4.78 is 31.7. The lowest BCUT2D eigenvalue weighted by atomic mass is 9.88. The van der Waals surface area contributed by atoms with E-state index in [9.17, 15) is 27.6 Å². The first kappa shape index (κ1) is 60.7. The third-order valence-corrected chi connectivity index (χ3v) is 21.6. The van der Waals surface area contributed by atoms with Crippen molar-refractivity contribution >= 4 is 90.1 Å². The zero-order chi connectivity index (χ0) is 55.4. The number of likely N-dealkylation sites (tertiary alicyclic amines) is 2. The number of benzene rings is 4. The van der Waals surface area contributed by atoms with Crippen LogP contribution in [0.25, 0.3) is 0 Å². The van der Waals surface area contributed by atoms with Crippen molar-refractivity contribution < 1.29 is 37.5 Å². The van der Waals surface area contributed by atoms with Crippen molar-refractivity contribution in [2.75, 3.05) is 62.2 Å². The number of alkyl halides is 3. The predicted octanol–water partition coefficient (Wildman–Crippen LogP) is 14.6. The van der Waals surface area contributed by atoms with Crippen molar-refractivity contribution in [3.05, 3.63) is 125 Å². The summed E-state index contributed by atoms with van der Waals surface area (Å²) in [6.45, 7) is 14.8. The number of carbonyl (C=O) groups excluding carboxylic acids is 3. The lowest BCUT2D eigenvalue weighted by molar-refractivity contribution is -0.192. The number of piperidine rings is 2. The van der Waals surface area contributed by atoms with E-state index in [-0.39, 0.29) is 20.5 Å². The lowest BCUT2D eigenvalue weighted by Gasteiger charge is -2.35. The molecule has 2 saturated heterocycles. The van der Waals surface area contributed by atoms with Gasteiger partial charge in [0.05, 0.1) is 31.5 Å². The molecule has 6 aliphatic rings. The third-order valence-electron chi connectivity index (χ3n) is 16.5. The van der Waals surface area contributed by atoms with Crippen LogP contribution < -0.4 is 9.80 Å². The van der Waals surface area contributed by atoms with Gasteiger partial charge in [0.1, 0.15) is 0 Å². The van der Waals surface area contributed by atoms with E-state index in [4.69, 9.17) is 56.3 Å². The van der Waals surface area contributed by atoms with Crippen LogP contribution in [-0.2, 0) is 46.5 Å². The Morgan fingerprint density at radius 1 is 0.610 bits per heavy atom. The van der Waals surface area contributed by atoms with Crippen LogP contribution in [0.1, 0.15) is 146 Å². The Hall–Kier alpha value is -3.95. The SMILES string of the molecule is CC[SiH](CC)CC.O=C(CCN1CCC(c2cccc(Cl)c2Cl)CC1)c1cc2c3c(c1)CCC(=O)N3CCC2.O=C(O)C(F)(F)F.O=C1CCc2cc(CCCN3CCC(c4cccc(Cl)c4Cl)CC3)cc3c2N1CCC3. The van der Waals surface area contributed by atoms with E-state index in [0.717, 1.165) is 145 Å². The Morgan fingerprint density at radius 3 is 1.45 bits per heavy atom. The van der Waals surface area contributed by atoms with E-state index >= 15 is 0 Å². The summed E-state index contributed by atoms with van der Waals surface area (Å²) in [6.07, 6.45) is 9.10. The highest BCUT2D eigenvalue weighted by atomic mass is 35.5. The number of aliphatic carboxylic acids is 1. The van der Waals surface area contributed by atoms with Crippen LogP contribution in [0.15, 0.2) is 60.7 Å². The first-order chi connectivity index (χ1) is 36.9. The molecule has 9 nitrogen and oxygen atoms in total. The van der Waals surface area contributed by atoms with E-state index < -0.39 is 12.1 Å². The monoisotopic (exact) mass is 1160 g/mol. The average molecular weight is 1160 g/mol. The number of anilines is 2. The van der Waals surface area contributed by atoms with Crippen LogP contribution in [0.2, 0.25) is 38.2 Å². The fourth-order valence-electron chi connectivity index (χ4n) is 12.1. The average Bonchev–Trinajstić information content (AvgIpc) is 3.44. The molecular formula is C60H75Cl4F3N4O5Si. The van der Waals surface area contributed by atoms with Gasteiger partial charge in [-0.05, 0) is 185 Å². The predicted molar refractivity (Wildman–Crippen MR) is 310 cm³/mol. The van der Waals surface area contributed by atoms with Gasteiger partial charge in [0, 0.05) is 53.3 Å². The maximum atomic E-state index is 13.0. The second kappa shape index (κ2) is 28.5. The second-order valence-corrected chi connectivity index (χ2v) is 27.1. The van der Waals surface area contributed by atoms with E-state index in [2.05, 4.69) is 54.8 Å². The van der Waals surface area contributed by atoms with Crippen LogP contribution in [0.4, 0.5) is 24.5 Å². The molecule has 1 N–H and O–H groups in total.